The topological polar surface area (TPSA) is 106 Å². The van der Waals surface area contributed by atoms with Gasteiger partial charge in [-0.25, -0.2) is 13.4 Å². The van der Waals surface area contributed by atoms with Gasteiger partial charge in [0.15, 0.2) is 21.3 Å². The van der Waals surface area contributed by atoms with Gasteiger partial charge in [-0.2, -0.15) is 23.0 Å². The molecule has 0 amide bonds. The number of hydrogen-bond acceptors (Lipinski definition) is 7. The van der Waals surface area contributed by atoms with E-state index >= 15 is 0 Å². The number of ether oxygens (including phenoxy) is 1. The molecule has 0 saturated carbocycles. The lowest BCUT2D eigenvalue weighted by Gasteiger charge is -2.16. The Morgan fingerprint density at radius 2 is 2.04 bits per heavy atom. The van der Waals surface area contributed by atoms with E-state index in [1.807, 2.05) is 0 Å². The Labute approximate surface area is 153 Å². The van der Waals surface area contributed by atoms with Gasteiger partial charge < -0.3 is 15.2 Å². The first-order chi connectivity index (χ1) is 12.5. The van der Waals surface area contributed by atoms with Gasteiger partial charge in [-0.1, -0.05) is 0 Å². The van der Waals surface area contributed by atoms with Crippen LogP contribution in [0.5, 0.6) is 0 Å². The summed E-state index contributed by atoms with van der Waals surface area (Å²) in [6, 6.07) is 2.05. The molecule has 0 aliphatic rings. The fraction of sp³-hybridized carbons (Fsp3) is 0.467. The van der Waals surface area contributed by atoms with E-state index in [0.717, 1.165) is 17.1 Å². The largest absolute Gasteiger partial charge is 0.435 e. The number of sulfone groups is 1. The lowest BCUT2D eigenvalue weighted by Crippen LogP contribution is -2.23. The molecule has 2 aromatic heterocycles. The zero-order valence-corrected chi connectivity index (χ0v) is 15.6. The highest BCUT2D eigenvalue weighted by Crippen LogP contribution is 2.36. The molecule has 0 fully saturated rings. The maximum absolute atomic E-state index is 13.3. The second-order valence-electron chi connectivity index (χ2n) is 5.87. The van der Waals surface area contributed by atoms with Crippen molar-refractivity contribution in [3.05, 3.63) is 29.6 Å². The fourth-order valence-corrected chi connectivity index (χ4v) is 2.94. The van der Waals surface area contributed by atoms with Crippen molar-refractivity contribution in [1.29, 1.82) is 0 Å². The van der Waals surface area contributed by atoms with Crippen LogP contribution < -0.4 is 5.32 Å². The molecule has 1 atom stereocenters. The molecule has 27 heavy (non-hydrogen) atoms. The normalized spacial score (nSPS) is 13.6. The predicted molar refractivity (Wildman–Crippen MR) is 90.4 cm³/mol. The summed E-state index contributed by atoms with van der Waals surface area (Å²) in [7, 11) is -2.07. The van der Waals surface area contributed by atoms with E-state index in [1.54, 1.807) is 6.92 Å². The van der Waals surface area contributed by atoms with E-state index in [4.69, 9.17) is 4.74 Å². The number of aliphatic hydroxyl groups excluding tert-OH is 1. The van der Waals surface area contributed by atoms with Crippen LogP contribution in [0.4, 0.5) is 19.0 Å². The molecule has 0 bridgehead atoms. The highest BCUT2D eigenvalue weighted by atomic mass is 32.2. The minimum Gasteiger partial charge on any atom is -0.391 e. The van der Waals surface area contributed by atoms with Crippen LogP contribution in [-0.4, -0.2) is 54.3 Å². The van der Waals surface area contributed by atoms with E-state index in [-0.39, 0.29) is 23.1 Å². The molecule has 0 saturated heterocycles. The summed E-state index contributed by atoms with van der Waals surface area (Å²) in [6.07, 6.45) is -2.78. The first-order valence-electron chi connectivity index (χ1n) is 7.71. The maximum Gasteiger partial charge on any atom is 0.435 e. The van der Waals surface area contributed by atoms with Crippen LogP contribution in [0.1, 0.15) is 18.2 Å². The van der Waals surface area contributed by atoms with Gasteiger partial charge in [-0.15, -0.1) is 0 Å². The lowest BCUT2D eigenvalue weighted by atomic mass is 10.2. The van der Waals surface area contributed by atoms with Gasteiger partial charge in [0.05, 0.1) is 23.7 Å². The Morgan fingerprint density at radius 3 is 2.48 bits per heavy atom. The van der Waals surface area contributed by atoms with Crippen LogP contribution in [0.25, 0.3) is 5.82 Å². The van der Waals surface area contributed by atoms with Crippen molar-refractivity contribution in [1.82, 2.24) is 14.8 Å². The van der Waals surface area contributed by atoms with Gasteiger partial charge in [0.2, 0.25) is 0 Å². The van der Waals surface area contributed by atoms with Gasteiger partial charge in [-0.3, -0.25) is 0 Å². The van der Waals surface area contributed by atoms with Crippen LogP contribution in [0.3, 0.4) is 0 Å². The number of pyridine rings is 1. The second kappa shape index (κ2) is 7.82. The predicted octanol–water partition coefficient (Wildman–Crippen LogP) is 1.63. The number of anilines is 1. The lowest BCUT2D eigenvalue weighted by molar-refractivity contribution is -0.142. The third-order valence-corrected chi connectivity index (χ3v) is 4.67. The number of nitrogens with zero attached hydrogens (tertiary/aromatic N) is 3. The van der Waals surface area contributed by atoms with E-state index in [9.17, 15) is 26.7 Å². The molecule has 2 N–H and O–H groups in total. The summed E-state index contributed by atoms with van der Waals surface area (Å²) in [4.78, 5) is 3.82. The number of rotatable bonds is 7. The van der Waals surface area contributed by atoms with Crippen LogP contribution in [-0.2, 0) is 27.4 Å². The zero-order valence-electron chi connectivity index (χ0n) is 14.8. The third-order valence-electron chi connectivity index (χ3n) is 3.58. The van der Waals surface area contributed by atoms with E-state index in [0.29, 0.717) is 0 Å². The minimum absolute atomic E-state index is 0.0419. The highest BCUT2D eigenvalue weighted by Gasteiger charge is 2.39. The summed E-state index contributed by atoms with van der Waals surface area (Å²) in [5.74, 6) is -0.145. The SMILES string of the molecule is COCC(C)Nc1c(CO)c(C(F)(F)F)nn1-c1ccc(S(C)(=O)=O)cn1. The molecule has 0 aromatic carbocycles. The Balaban J connectivity index is 2.61. The molecule has 150 valence electrons. The molecule has 1 unspecified atom stereocenters. The van der Waals surface area contributed by atoms with E-state index in [2.05, 4.69) is 15.4 Å². The molecule has 0 radical (unpaired) electrons. The number of aromatic nitrogens is 3. The molecule has 2 heterocycles. The molecule has 2 aromatic rings. The van der Waals surface area contributed by atoms with Gasteiger partial charge in [0, 0.05) is 25.6 Å². The number of hydrogen-bond donors (Lipinski definition) is 2. The summed E-state index contributed by atoms with van der Waals surface area (Å²) in [6.45, 7) is 0.964. The van der Waals surface area contributed by atoms with Crippen molar-refractivity contribution in [2.75, 3.05) is 25.3 Å². The summed E-state index contributed by atoms with van der Waals surface area (Å²) < 4.78 is 68.8. The quantitative estimate of drug-likeness (QED) is 0.717. The van der Waals surface area contributed by atoms with Crippen molar-refractivity contribution >= 4 is 15.7 Å². The molecule has 12 heteroatoms. The number of alkyl halides is 3. The summed E-state index contributed by atoms with van der Waals surface area (Å²) >= 11 is 0. The van der Waals surface area contributed by atoms with Gasteiger partial charge in [0.1, 0.15) is 5.82 Å². The fourth-order valence-electron chi connectivity index (χ4n) is 2.38. The van der Waals surface area contributed by atoms with Crippen LogP contribution in [0.15, 0.2) is 23.2 Å². The number of aliphatic hydroxyl groups is 1. The van der Waals surface area contributed by atoms with Crippen molar-refractivity contribution in [2.45, 2.75) is 30.6 Å². The smallest absolute Gasteiger partial charge is 0.391 e. The minimum atomic E-state index is -4.79. The molecule has 0 spiro atoms. The molecular weight excluding hydrogens is 389 g/mol. The highest BCUT2D eigenvalue weighted by molar-refractivity contribution is 7.90. The van der Waals surface area contributed by atoms with Gasteiger partial charge >= 0.3 is 6.18 Å². The Hall–Kier alpha value is -2.18. The summed E-state index contributed by atoms with van der Waals surface area (Å²) in [5, 5.41) is 15.9. The van der Waals surface area contributed by atoms with Gasteiger partial charge in [0.25, 0.3) is 0 Å². The van der Waals surface area contributed by atoms with Gasteiger partial charge in [-0.05, 0) is 19.1 Å². The maximum atomic E-state index is 13.3. The first kappa shape index (κ1) is 21.1. The average Bonchev–Trinajstić information content (AvgIpc) is 2.93. The number of methoxy groups -OCH3 is 1. The second-order valence-corrected chi connectivity index (χ2v) is 7.88. The van der Waals surface area contributed by atoms with Crippen molar-refractivity contribution < 1.29 is 31.4 Å². The van der Waals surface area contributed by atoms with Crippen LogP contribution in [0, 0.1) is 0 Å². The molecule has 0 aliphatic heterocycles. The van der Waals surface area contributed by atoms with E-state index < -0.39 is 39.9 Å². The van der Waals surface area contributed by atoms with Crippen molar-refractivity contribution in [2.24, 2.45) is 0 Å². The Kier molecular flexibility index (Phi) is 6.12. The van der Waals surface area contributed by atoms with Crippen molar-refractivity contribution in [3.63, 3.8) is 0 Å². The average molecular weight is 408 g/mol. The Morgan fingerprint density at radius 1 is 1.37 bits per heavy atom. The Bertz CT molecular complexity index is 895. The zero-order chi connectivity index (χ0) is 20.4. The molecule has 2 rings (SSSR count). The first-order valence-corrected chi connectivity index (χ1v) is 9.60. The third kappa shape index (κ3) is 4.76. The van der Waals surface area contributed by atoms with Crippen LogP contribution >= 0.6 is 0 Å². The summed E-state index contributed by atoms with van der Waals surface area (Å²) in [5.41, 5.74) is -1.70. The molecule has 0 aliphatic carbocycles. The standard InChI is InChI=1S/C15H19F3N4O4S/c1-9(8-26-2)20-14-11(7-23)13(15(16,17)18)21-22(14)12-5-4-10(6-19-12)27(3,24)25/h4-6,9,20,23H,7-8H2,1-3H3. The monoisotopic (exact) mass is 408 g/mol. The number of halogens is 3. The number of nitrogens with one attached hydrogen (secondary N) is 1. The van der Waals surface area contributed by atoms with E-state index in [1.165, 1.54) is 19.2 Å². The molecular formula is C15H19F3N4O4S. The van der Waals surface area contributed by atoms with Crippen molar-refractivity contribution in [3.8, 4) is 5.82 Å². The van der Waals surface area contributed by atoms with Crippen LogP contribution in [0.2, 0.25) is 0 Å². The molecule has 8 nitrogen and oxygen atoms in total.